The van der Waals surface area contributed by atoms with Crippen LogP contribution in [-0.2, 0) is 21.9 Å². The molecule has 29 heavy (non-hydrogen) atoms. The van der Waals surface area contributed by atoms with Crippen molar-refractivity contribution in [3.8, 4) is 0 Å². The van der Waals surface area contributed by atoms with Gasteiger partial charge < -0.3 is 10.2 Å². The molecule has 0 bridgehead atoms. The number of thioether (sulfide) groups is 1. The van der Waals surface area contributed by atoms with Crippen molar-refractivity contribution in [3.63, 3.8) is 0 Å². The number of carbonyl (C=O) groups excluding carboxylic acids is 2. The Hall–Kier alpha value is -1.98. The highest BCUT2D eigenvalue weighted by Crippen LogP contribution is 2.21. The van der Waals surface area contributed by atoms with Gasteiger partial charge in [0.2, 0.25) is 11.8 Å². The predicted molar refractivity (Wildman–Crippen MR) is 122 cm³/mol. The summed E-state index contributed by atoms with van der Waals surface area (Å²) in [4.78, 5) is 27.2. The van der Waals surface area contributed by atoms with Gasteiger partial charge in [-0.1, -0.05) is 66.6 Å². The SMILES string of the molecule is CCCNC(=O)[C@@H](C)N(Cc1cccc(C)c1)C(=O)CSCc1ccccc1Cl. The van der Waals surface area contributed by atoms with Crippen LogP contribution in [0, 0.1) is 6.92 Å². The van der Waals surface area contributed by atoms with E-state index in [-0.39, 0.29) is 11.8 Å². The first-order valence-corrected chi connectivity index (χ1v) is 11.4. The van der Waals surface area contributed by atoms with E-state index in [4.69, 9.17) is 11.6 Å². The van der Waals surface area contributed by atoms with E-state index in [1.54, 1.807) is 11.8 Å². The highest BCUT2D eigenvalue weighted by Gasteiger charge is 2.25. The minimum absolute atomic E-state index is 0.0530. The lowest BCUT2D eigenvalue weighted by molar-refractivity contribution is -0.138. The van der Waals surface area contributed by atoms with Crippen molar-refractivity contribution in [2.75, 3.05) is 12.3 Å². The summed E-state index contributed by atoms with van der Waals surface area (Å²) in [6.45, 7) is 6.83. The van der Waals surface area contributed by atoms with Gasteiger partial charge in [-0.2, -0.15) is 0 Å². The molecule has 2 aromatic carbocycles. The van der Waals surface area contributed by atoms with Crippen molar-refractivity contribution in [1.82, 2.24) is 10.2 Å². The first-order chi connectivity index (χ1) is 13.9. The molecule has 2 amide bonds. The highest BCUT2D eigenvalue weighted by molar-refractivity contribution is 7.99. The van der Waals surface area contributed by atoms with Gasteiger partial charge in [0.15, 0.2) is 0 Å². The second kappa shape index (κ2) is 11.9. The standard InChI is InChI=1S/C23H29ClN2O2S/c1-4-12-25-23(28)18(3)26(14-19-9-7-8-17(2)13-19)22(27)16-29-15-20-10-5-6-11-21(20)24/h5-11,13,18H,4,12,14-16H2,1-3H3,(H,25,28)/t18-/m1/s1. The lowest BCUT2D eigenvalue weighted by Gasteiger charge is -2.29. The molecule has 0 unspecified atom stereocenters. The van der Waals surface area contributed by atoms with Crippen LogP contribution in [0.2, 0.25) is 5.02 Å². The fourth-order valence-corrected chi connectivity index (χ4v) is 4.13. The predicted octanol–water partition coefficient (Wildman–Crippen LogP) is 4.83. The van der Waals surface area contributed by atoms with Crippen LogP contribution in [0.25, 0.3) is 0 Å². The van der Waals surface area contributed by atoms with Crippen LogP contribution in [0.5, 0.6) is 0 Å². The third-order valence-electron chi connectivity index (χ3n) is 4.59. The second-order valence-electron chi connectivity index (χ2n) is 7.06. The van der Waals surface area contributed by atoms with Crippen LogP contribution >= 0.6 is 23.4 Å². The van der Waals surface area contributed by atoms with E-state index < -0.39 is 6.04 Å². The molecule has 2 aromatic rings. The summed E-state index contributed by atoms with van der Waals surface area (Å²) in [5, 5.41) is 3.60. The van der Waals surface area contributed by atoms with Gasteiger partial charge >= 0.3 is 0 Å². The van der Waals surface area contributed by atoms with Crippen LogP contribution in [-0.4, -0.2) is 35.1 Å². The lowest BCUT2D eigenvalue weighted by atomic mass is 10.1. The summed E-state index contributed by atoms with van der Waals surface area (Å²) in [5.41, 5.74) is 3.15. The number of rotatable bonds is 10. The third kappa shape index (κ3) is 7.41. The molecule has 1 atom stereocenters. The average molecular weight is 433 g/mol. The van der Waals surface area contributed by atoms with Gasteiger partial charge in [0.1, 0.15) is 6.04 Å². The molecule has 0 saturated heterocycles. The molecule has 0 saturated carbocycles. The molecule has 6 heteroatoms. The zero-order valence-electron chi connectivity index (χ0n) is 17.3. The summed E-state index contributed by atoms with van der Waals surface area (Å²) in [7, 11) is 0. The molecule has 0 fully saturated rings. The Labute approximate surface area is 183 Å². The maximum atomic E-state index is 13.0. The fourth-order valence-electron chi connectivity index (χ4n) is 2.93. The smallest absolute Gasteiger partial charge is 0.242 e. The highest BCUT2D eigenvalue weighted by atomic mass is 35.5. The lowest BCUT2D eigenvalue weighted by Crippen LogP contribution is -2.48. The Bertz CT molecular complexity index is 828. The van der Waals surface area contributed by atoms with E-state index in [0.29, 0.717) is 29.6 Å². The first-order valence-electron chi connectivity index (χ1n) is 9.86. The number of hydrogen-bond acceptors (Lipinski definition) is 3. The summed E-state index contributed by atoms with van der Waals surface area (Å²) in [6.07, 6.45) is 0.859. The van der Waals surface area contributed by atoms with Crippen molar-refractivity contribution in [3.05, 3.63) is 70.2 Å². The number of hydrogen-bond donors (Lipinski definition) is 1. The monoisotopic (exact) mass is 432 g/mol. The Balaban J connectivity index is 2.07. The maximum absolute atomic E-state index is 13.0. The number of carbonyl (C=O) groups is 2. The molecule has 4 nitrogen and oxygen atoms in total. The topological polar surface area (TPSA) is 49.4 Å². The van der Waals surface area contributed by atoms with Crippen molar-refractivity contribution < 1.29 is 9.59 Å². The maximum Gasteiger partial charge on any atom is 0.242 e. The van der Waals surface area contributed by atoms with E-state index in [2.05, 4.69) is 5.32 Å². The largest absolute Gasteiger partial charge is 0.354 e. The number of nitrogens with one attached hydrogen (secondary N) is 1. The molecule has 0 aromatic heterocycles. The van der Waals surface area contributed by atoms with Crippen LogP contribution in [0.4, 0.5) is 0 Å². The molecule has 0 heterocycles. The molecule has 2 rings (SSSR count). The quantitative estimate of drug-likeness (QED) is 0.585. The van der Waals surface area contributed by atoms with Crippen molar-refractivity contribution in [1.29, 1.82) is 0 Å². The Morgan fingerprint density at radius 2 is 1.93 bits per heavy atom. The van der Waals surface area contributed by atoms with E-state index in [1.165, 1.54) is 11.8 Å². The van der Waals surface area contributed by atoms with E-state index in [0.717, 1.165) is 23.1 Å². The Kier molecular flexibility index (Phi) is 9.55. The molecule has 1 N–H and O–H groups in total. The third-order valence-corrected chi connectivity index (χ3v) is 5.93. The Morgan fingerprint density at radius 3 is 2.62 bits per heavy atom. The molecular formula is C23H29ClN2O2S. The number of amides is 2. The minimum atomic E-state index is -0.532. The molecule has 156 valence electrons. The second-order valence-corrected chi connectivity index (χ2v) is 8.45. The van der Waals surface area contributed by atoms with Gasteiger partial charge in [0.05, 0.1) is 5.75 Å². The number of halogens is 1. The molecule has 0 aliphatic carbocycles. The van der Waals surface area contributed by atoms with Gasteiger partial charge in [-0.15, -0.1) is 11.8 Å². The van der Waals surface area contributed by atoms with Crippen LogP contribution in [0.3, 0.4) is 0 Å². The fraction of sp³-hybridized carbons (Fsp3) is 0.391. The zero-order chi connectivity index (χ0) is 21.2. The van der Waals surface area contributed by atoms with Crippen LogP contribution in [0.15, 0.2) is 48.5 Å². The van der Waals surface area contributed by atoms with Gasteiger partial charge in [0, 0.05) is 23.9 Å². The average Bonchev–Trinajstić information content (AvgIpc) is 2.71. The minimum Gasteiger partial charge on any atom is -0.354 e. The molecule has 0 radical (unpaired) electrons. The van der Waals surface area contributed by atoms with Crippen LogP contribution in [0.1, 0.15) is 37.0 Å². The van der Waals surface area contributed by atoms with Crippen LogP contribution < -0.4 is 5.32 Å². The number of nitrogens with zero attached hydrogens (tertiary/aromatic N) is 1. The van der Waals surface area contributed by atoms with E-state index >= 15 is 0 Å². The van der Waals surface area contributed by atoms with Gasteiger partial charge in [-0.3, -0.25) is 9.59 Å². The Morgan fingerprint density at radius 1 is 1.17 bits per heavy atom. The first kappa shape index (κ1) is 23.3. The van der Waals surface area contributed by atoms with Crippen molar-refractivity contribution in [2.45, 2.75) is 45.5 Å². The van der Waals surface area contributed by atoms with Gasteiger partial charge in [-0.05, 0) is 37.5 Å². The number of aryl methyl sites for hydroxylation is 1. The van der Waals surface area contributed by atoms with Crippen molar-refractivity contribution >= 4 is 35.2 Å². The molecule has 0 aliphatic rings. The summed E-state index contributed by atoms with van der Waals surface area (Å²) >= 11 is 7.71. The molecule has 0 aliphatic heterocycles. The molecular weight excluding hydrogens is 404 g/mol. The van der Waals surface area contributed by atoms with E-state index in [9.17, 15) is 9.59 Å². The van der Waals surface area contributed by atoms with Crippen molar-refractivity contribution in [2.24, 2.45) is 0 Å². The number of benzene rings is 2. The molecule has 0 spiro atoms. The summed E-state index contributed by atoms with van der Waals surface area (Å²) < 4.78 is 0. The zero-order valence-corrected chi connectivity index (χ0v) is 18.9. The van der Waals surface area contributed by atoms with Gasteiger partial charge in [-0.25, -0.2) is 0 Å². The summed E-state index contributed by atoms with van der Waals surface area (Å²) in [6, 6.07) is 15.1. The summed E-state index contributed by atoms with van der Waals surface area (Å²) in [5.74, 6) is 0.773. The normalized spacial score (nSPS) is 11.7. The van der Waals surface area contributed by atoms with Gasteiger partial charge in [0.25, 0.3) is 0 Å². The van der Waals surface area contributed by atoms with E-state index in [1.807, 2.05) is 62.4 Å².